The lowest BCUT2D eigenvalue weighted by Gasteiger charge is -2.25. The molecule has 7 nitrogen and oxygen atoms in total. The Kier molecular flexibility index (Phi) is 4.23. The van der Waals surface area contributed by atoms with Crippen LogP contribution in [0.5, 0.6) is 5.75 Å². The summed E-state index contributed by atoms with van der Waals surface area (Å²) in [5, 5.41) is 8.70. The van der Waals surface area contributed by atoms with Crippen molar-refractivity contribution in [3.05, 3.63) is 29.3 Å². The summed E-state index contributed by atoms with van der Waals surface area (Å²) in [6, 6.07) is 4.93. The number of ether oxygens (including phenoxy) is 2. The number of carbonyl (C=O) groups is 2. The van der Waals surface area contributed by atoms with Crippen molar-refractivity contribution in [3.8, 4) is 5.75 Å². The first-order valence-corrected chi connectivity index (χ1v) is 7.58. The second-order valence-corrected chi connectivity index (χ2v) is 6.05. The molecule has 0 atom stereocenters. The van der Waals surface area contributed by atoms with Gasteiger partial charge in [0.15, 0.2) is 0 Å². The maximum absolute atomic E-state index is 12.7. The van der Waals surface area contributed by atoms with E-state index in [0.717, 1.165) is 18.4 Å². The fourth-order valence-electron chi connectivity index (χ4n) is 2.93. The highest BCUT2D eigenvalue weighted by molar-refractivity contribution is 5.94. The van der Waals surface area contributed by atoms with E-state index in [1.54, 1.807) is 35.7 Å². The van der Waals surface area contributed by atoms with Crippen LogP contribution in [0.1, 0.15) is 28.8 Å². The van der Waals surface area contributed by atoms with Crippen molar-refractivity contribution in [2.24, 2.45) is 5.41 Å². The van der Waals surface area contributed by atoms with Gasteiger partial charge in [-0.2, -0.15) is 0 Å². The smallest absolute Gasteiger partial charge is 0.274 e. The Labute approximate surface area is 134 Å². The van der Waals surface area contributed by atoms with Crippen molar-refractivity contribution in [1.82, 2.24) is 10.4 Å². The quantitative estimate of drug-likeness (QED) is 0.637. The second-order valence-electron chi connectivity index (χ2n) is 6.05. The molecule has 1 fully saturated rings. The SMILES string of the molecule is COCC1(C(=O)N2CCOc3cc(C(=O)NO)ccc3C2)CC1. The predicted octanol–water partition coefficient (Wildman–Crippen LogP) is 0.953. The lowest BCUT2D eigenvalue weighted by Crippen LogP contribution is -2.39. The van der Waals surface area contributed by atoms with E-state index in [0.29, 0.717) is 37.6 Å². The molecule has 7 heteroatoms. The third-order valence-electron chi connectivity index (χ3n) is 4.43. The number of nitrogens with zero attached hydrogens (tertiary/aromatic N) is 1. The number of amides is 2. The molecule has 0 unspecified atom stereocenters. The third kappa shape index (κ3) is 3.02. The molecule has 1 aliphatic carbocycles. The Balaban J connectivity index is 1.79. The molecule has 124 valence electrons. The molecule has 0 saturated heterocycles. The van der Waals surface area contributed by atoms with Crippen molar-refractivity contribution >= 4 is 11.8 Å². The summed E-state index contributed by atoms with van der Waals surface area (Å²) in [6.45, 7) is 1.76. The fraction of sp³-hybridized carbons (Fsp3) is 0.500. The second kappa shape index (κ2) is 6.17. The fourth-order valence-corrected chi connectivity index (χ4v) is 2.93. The summed E-state index contributed by atoms with van der Waals surface area (Å²) in [6.07, 6.45) is 1.72. The van der Waals surface area contributed by atoms with Crippen molar-refractivity contribution in [2.75, 3.05) is 26.9 Å². The minimum Gasteiger partial charge on any atom is -0.491 e. The number of fused-ring (bicyclic) bond motifs is 1. The number of hydrogen-bond acceptors (Lipinski definition) is 5. The van der Waals surface area contributed by atoms with Gasteiger partial charge < -0.3 is 14.4 Å². The Hall–Kier alpha value is -2.12. The van der Waals surface area contributed by atoms with E-state index < -0.39 is 5.91 Å². The zero-order valence-corrected chi connectivity index (χ0v) is 13.0. The van der Waals surface area contributed by atoms with Gasteiger partial charge in [-0.1, -0.05) is 6.07 Å². The van der Waals surface area contributed by atoms with E-state index in [9.17, 15) is 9.59 Å². The van der Waals surface area contributed by atoms with Crippen LogP contribution < -0.4 is 10.2 Å². The molecule has 1 aromatic carbocycles. The Morgan fingerprint density at radius 2 is 2.22 bits per heavy atom. The minimum absolute atomic E-state index is 0.105. The lowest BCUT2D eigenvalue weighted by atomic mass is 10.1. The summed E-state index contributed by atoms with van der Waals surface area (Å²) >= 11 is 0. The molecule has 2 N–H and O–H groups in total. The number of carbonyl (C=O) groups excluding carboxylic acids is 2. The molecule has 1 aromatic rings. The summed E-state index contributed by atoms with van der Waals surface area (Å²) < 4.78 is 10.9. The van der Waals surface area contributed by atoms with Crippen LogP contribution in [0.2, 0.25) is 0 Å². The normalized spacial score (nSPS) is 18.4. The zero-order chi connectivity index (χ0) is 16.4. The van der Waals surface area contributed by atoms with Gasteiger partial charge in [0, 0.05) is 24.8 Å². The van der Waals surface area contributed by atoms with E-state index in [2.05, 4.69) is 0 Å². The molecule has 0 spiro atoms. The summed E-state index contributed by atoms with van der Waals surface area (Å²) in [5.74, 6) is 0.0802. The largest absolute Gasteiger partial charge is 0.491 e. The molecule has 0 aromatic heterocycles. The van der Waals surface area contributed by atoms with Gasteiger partial charge in [0.25, 0.3) is 5.91 Å². The molecule has 23 heavy (non-hydrogen) atoms. The maximum Gasteiger partial charge on any atom is 0.274 e. The first-order chi connectivity index (χ1) is 11.1. The number of nitrogens with one attached hydrogen (secondary N) is 1. The lowest BCUT2D eigenvalue weighted by molar-refractivity contribution is -0.139. The van der Waals surface area contributed by atoms with Crippen molar-refractivity contribution in [3.63, 3.8) is 0 Å². The van der Waals surface area contributed by atoms with Crippen molar-refractivity contribution in [2.45, 2.75) is 19.4 Å². The average Bonchev–Trinajstić information content (AvgIpc) is 3.36. The summed E-state index contributed by atoms with van der Waals surface area (Å²) in [7, 11) is 1.61. The van der Waals surface area contributed by atoms with Gasteiger partial charge in [0.05, 0.1) is 18.6 Å². The number of methoxy groups -OCH3 is 1. The molecular formula is C16H20N2O5. The van der Waals surface area contributed by atoms with E-state index >= 15 is 0 Å². The molecule has 0 bridgehead atoms. The van der Waals surface area contributed by atoms with Gasteiger partial charge >= 0.3 is 0 Å². The Morgan fingerprint density at radius 1 is 1.43 bits per heavy atom. The number of hydroxylamine groups is 1. The average molecular weight is 320 g/mol. The van der Waals surface area contributed by atoms with Crippen molar-refractivity contribution in [1.29, 1.82) is 0 Å². The highest BCUT2D eigenvalue weighted by Crippen LogP contribution is 2.47. The number of rotatable bonds is 4. The molecule has 1 aliphatic heterocycles. The Morgan fingerprint density at radius 3 is 2.87 bits per heavy atom. The standard InChI is InChI=1S/C16H20N2O5/c1-22-10-16(4-5-16)15(20)18-6-7-23-13-8-11(14(19)17-21)2-3-12(13)9-18/h2-3,8,21H,4-7,9-10H2,1H3,(H,17,19). The molecule has 2 amide bonds. The highest BCUT2D eigenvalue weighted by atomic mass is 16.5. The van der Waals surface area contributed by atoms with E-state index in [1.165, 1.54) is 0 Å². The molecule has 1 saturated carbocycles. The van der Waals surface area contributed by atoms with Crippen LogP contribution in [0.15, 0.2) is 18.2 Å². The number of hydrogen-bond donors (Lipinski definition) is 2. The molecule has 3 rings (SSSR count). The van der Waals surface area contributed by atoms with Crippen molar-refractivity contribution < 1.29 is 24.3 Å². The van der Waals surface area contributed by atoms with Crippen LogP contribution >= 0.6 is 0 Å². The minimum atomic E-state index is -0.592. The van der Waals surface area contributed by atoms with E-state index in [1.807, 2.05) is 0 Å². The predicted molar refractivity (Wildman–Crippen MR) is 80.1 cm³/mol. The van der Waals surface area contributed by atoms with E-state index in [4.69, 9.17) is 14.7 Å². The Bertz CT molecular complexity index is 627. The van der Waals surface area contributed by atoms with Gasteiger partial charge in [-0.25, -0.2) is 5.48 Å². The van der Waals surface area contributed by atoms with Crippen LogP contribution in [0.3, 0.4) is 0 Å². The zero-order valence-electron chi connectivity index (χ0n) is 13.0. The molecule has 2 aliphatic rings. The van der Waals surface area contributed by atoms with Gasteiger partial charge in [-0.15, -0.1) is 0 Å². The van der Waals surface area contributed by atoms with Gasteiger partial charge in [0.2, 0.25) is 5.91 Å². The van der Waals surface area contributed by atoms with Gasteiger partial charge in [0.1, 0.15) is 12.4 Å². The van der Waals surface area contributed by atoms with Crippen LogP contribution in [-0.4, -0.2) is 48.8 Å². The summed E-state index contributed by atoms with van der Waals surface area (Å²) in [4.78, 5) is 26.0. The molecular weight excluding hydrogens is 300 g/mol. The van der Waals surface area contributed by atoms with Crippen LogP contribution in [0.4, 0.5) is 0 Å². The monoisotopic (exact) mass is 320 g/mol. The van der Waals surface area contributed by atoms with Crippen LogP contribution in [0.25, 0.3) is 0 Å². The summed E-state index contributed by atoms with van der Waals surface area (Å²) in [5.41, 5.74) is 2.39. The number of benzene rings is 1. The first kappa shape index (κ1) is 15.8. The third-order valence-corrected chi connectivity index (χ3v) is 4.43. The van der Waals surface area contributed by atoms with E-state index in [-0.39, 0.29) is 11.3 Å². The molecule has 1 heterocycles. The van der Waals surface area contributed by atoms with Gasteiger partial charge in [-0.05, 0) is 25.0 Å². The molecule has 0 radical (unpaired) electrons. The van der Waals surface area contributed by atoms with Crippen LogP contribution in [-0.2, 0) is 16.1 Å². The highest BCUT2D eigenvalue weighted by Gasteiger charge is 2.51. The van der Waals surface area contributed by atoms with Gasteiger partial charge in [-0.3, -0.25) is 14.8 Å². The van der Waals surface area contributed by atoms with Crippen LogP contribution in [0, 0.1) is 5.41 Å². The topological polar surface area (TPSA) is 88.1 Å². The maximum atomic E-state index is 12.7. The first-order valence-electron chi connectivity index (χ1n) is 7.58.